The van der Waals surface area contributed by atoms with Crippen LogP contribution in [0, 0.1) is 11.8 Å². The first-order chi connectivity index (χ1) is 26.1. The summed E-state index contributed by atoms with van der Waals surface area (Å²) in [5.41, 5.74) is 2.30. The molecule has 0 radical (unpaired) electrons. The van der Waals surface area contributed by atoms with E-state index in [4.69, 9.17) is 66.6 Å². The molecular weight excluding hydrogens is 767 g/mol. The molecule has 1 saturated heterocycles. The van der Waals surface area contributed by atoms with Crippen LogP contribution in [0.15, 0.2) is 85.3 Å². The van der Waals surface area contributed by atoms with E-state index < -0.39 is 32.9 Å². The molecule has 10 unspecified atom stereocenters. The molecule has 10 atom stereocenters. The van der Waals surface area contributed by atoms with E-state index in [0.717, 1.165) is 5.56 Å². The van der Waals surface area contributed by atoms with Crippen LogP contribution in [0.2, 0.25) is 18.1 Å². The summed E-state index contributed by atoms with van der Waals surface area (Å²) in [5, 5.41) is 45.7. The minimum absolute atomic E-state index is 0.0462. The van der Waals surface area contributed by atoms with Crippen molar-refractivity contribution < 1.29 is 53.6 Å². The second kappa shape index (κ2) is 25.3. The molecule has 0 aliphatic carbocycles. The summed E-state index contributed by atoms with van der Waals surface area (Å²) in [6.07, 6.45) is 3.02. The Morgan fingerprint density at radius 3 is 1.76 bits per heavy atom. The Bertz CT molecular complexity index is 1350. The lowest BCUT2D eigenvalue weighted by Crippen LogP contribution is -2.45. The number of hydrogen-bond acceptors (Lipinski definition) is 11. The Balaban J connectivity index is 0.000000295. The summed E-state index contributed by atoms with van der Waals surface area (Å²) in [6.45, 7) is 16.9. The van der Waals surface area contributed by atoms with Crippen molar-refractivity contribution in [1.82, 2.24) is 0 Å². The number of ether oxygens (including phenoxy) is 5. The van der Waals surface area contributed by atoms with Crippen LogP contribution < -0.4 is 0 Å². The van der Waals surface area contributed by atoms with Gasteiger partial charge in [-0.2, -0.15) is 0 Å². The van der Waals surface area contributed by atoms with E-state index in [2.05, 4.69) is 52.9 Å². The van der Waals surface area contributed by atoms with Gasteiger partial charge >= 0.3 is 0 Å². The largest absolute Gasteiger partial charge is 0.496 e. The maximum Gasteiger partial charge on any atom is 0.192 e. The van der Waals surface area contributed by atoms with Gasteiger partial charge in [0.15, 0.2) is 14.6 Å². The highest BCUT2D eigenvalue weighted by Gasteiger charge is 2.39. The summed E-state index contributed by atoms with van der Waals surface area (Å²) in [5.74, 6) is 0.339. The molecule has 0 aromatic heterocycles. The molecule has 0 bridgehead atoms. The van der Waals surface area contributed by atoms with Crippen molar-refractivity contribution >= 4 is 31.5 Å². The molecule has 1 fully saturated rings. The standard InChI is InChI=1S/C20H32O3Si.C14H20O4.C6H10O4.CH2Cl2/c1-16-18(22-14-17-10-8-7-9-11-17)12-13-21-19(16)15-23-24(5,6)20(2,3)4;1-10-12(7-14(16)18-13(10)8-15)17-9-11-5-3-2-4-6-11;7-3-5-6(9)4(8)1-2-10-5;2-1-3/h7-13,16,18-19H,14-15H2,1-6H3;2-6,10,12-16H,7-9H2,1H3;1-2,4-9H,3H2;1H2. The van der Waals surface area contributed by atoms with Gasteiger partial charge in [-0.05, 0) is 41.4 Å². The number of aliphatic hydroxyl groups is 5. The van der Waals surface area contributed by atoms with Gasteiger partial charge in [0.25, 0.3) is 0 Å². The molecule has 55 heavy (non-hydrogen) atoms. The molecule has 3 aliphatic rings. The first-order valence-electron chi connectivity index (χ1n) is 18.7. The van der Waals surface area contributed by atoms with Gasteiger partial charge in [-0.25, -0.2) is 0 Å². The highest BCUT2D eigenvalue weighted by molar-refractivity contribution is 6.74. The molecule has 2 aromatic rings. The quantitative estimate of drug-likeness (QED) is 0.125. The SMILES string of the molecule is CC1C(OCc2ccccc2)C=COC1CO[Si](C)(C)C(C)(C)C.CC1C(OCc2ccccc2)CC(O)OC1CO.ClCCl.OCC1OC=CC(O)C1O. The van der Waals surface area contributed by atoms with Crippen LogP contribution in [0.25, 0.3) is 0 Å². The van der Waals surface area contributed by atoms with Gasteiger partial charge in [-0.15, -0.1) is 23.2 Å². The molecule has 3 aliphatic heterocycles. The van der Waals surface area contributed by atoms with E-state index in [1.54, 1.807) is 6.26 Å². The molecule has 5 N–H and O–H groups in total. The van der Waals surface area contributed by atoms with E-state index in [-0.39, 0.29) is 59.8 Å². The number of halogens is 2. The zero-order valence-corrected chi connectivity index (χ0v) is 35.8. The first-order valence-corrected chi connectivity index (χ1v) is 22.7. The highest BCUT2D eigenvalue weighted by atomic mass is 35.5. The Kier molecular flexibility index (Phi) is 22.6. The van der Waals surface area contributed by atoms with E-state index in [1.165, 1.54) is 17.9 Å². The van der Waals surface area contributed by atoms with Crippen molar-refractivity contribution in [2.24, 2.45) is 11.8 Å². The summed E-state index contributed by atoms with van der Waals surface area (Å²) in [4.78, 5) is 0. The molecule has 2 aromatic carbocycles. The maximum atomic E-state index is 9.58. The third-order valence-electron chi connectivity index (χ3n) is 10.2. The van der Waals surface area contributed by atoms with E-state index in [1.807, 2.05) is 61.5 Å². The fourth-order valence-electron chi connectivity index (χ4n) is 5.44. The number of aliphatic hydroxyl groups excluding tert-OH is 5. The van der Waals surface area contributed by atoms with Crippen molar-refractivity contribution in [3.05, 3.63) is 96.5 Å². The van der Waals surface area contributed by atoms with Crippen molar-refractivity contribution in [3.8, 4) is 0 Å². The van der Waals surface area contributed by atoms with Crippen LogP contribution in [-0.4, -0.2) is 108 Å². The number of hydrogen-bond donors (Lipinski definition) is 5. The van der Waals surface area contributed by atoms with Gasteiger partial charge in [0, 0.05) is 18.3 Å². The summed E-state index contributed by atoms with van der Waals surface area (Å²) >= 11 is 9.53. The Labute approximate surface area is 338 Å². The molecule has 3 heterocycles. The average Bonchev–Trinajstić information content (AvgIpc) is 3.16. The first kappa shape index (κ1) is 49.1. The molecule has 0 saturated carbocycles. The Morgan fingerprint density at radius 2 is 1.25 bits per heavy atom. The van der Waals surface area contributed by atoms with E-state index in [0.29, 0.717) is 26.2 Å². The second-order valence-electron chi connectivity index (χ2n) is 15.2. The molecule has 14 heteroatoms. The van der Waals surface area contributed by atoms with Crippen LogP contribution in [0.5, 0.6) is 0 Å². The van der Waals surface area contributed by atoms with Gasteiger partial charge in [0.1, 0.15) is 24.4 Å². The predicted molar refractivity (Wildman–Crippen MR) is 218 cm³/mol. The van der Waals surface area contributed by atoms with Crippen LogP contribution in [0.4, 0.5) is 0 Å². The highest BCUT2D eigenvalue weighted by Crippen LogP contribution is 2.37. The van der Waals surface area contributed by atoms with Crippen molar-refractivity contribution in [2.45, 2.75) is 121 Å². The molecular formula is C41H64Cl2O11Si. The van der Waals surface area contributed by atoms with Crippen molar-refractivity contribution in [2.75, 3.05) is 25.2 Å². The van der Waals surface area contributed by atoms with Gasteiger partial charge in [0.05, 0.1) is 69.2 Å². The van der Waals surface area contributed by atoms with Crippen LogP contribution in [-0.2, 0) is 41.3 Å². The van der Waals surface area contributed by atoms with Gasteiger partial charge < -0.3 is 53.6 Å². The molecule has 0 spiro atoms. The van der Waals surface area contributed by atoms with Crippen LogP contribution in [0.3, 0.4) is 0 Å². The maximum absolute atomic E-state index is 9.58. The average molecular weight is 832 g/mol. The number of alkyl halides is 2. The topological polar surface area (TPSA) is 157 Å². The smallest absolute Gasteiger partial charge is 0.192 e. The minimum Gasteiger partial charge on any atom is -0.496 e. The third kappa shape index (κ3) is 17.1. The molecule has 312 valence electrons. The lowest BCUT2D eigenvalue weighted by molar-refractivity contribution is -0.229. The molecule has 11 nitrogen and oxygen atoms in total. The Morgan fingerprint density at radius 1 is 0.745 bits per heavy atom. The van der Waals surface area contributed by atoms with Crippen LogP contribution in [0.1, 0.15) is 52.2 Å². The predicted octanol–water partition coefficient (Wildman–Crippen LogP) is 6.48. The van der Waals surface area contributed by atoms with Gasteiger partial charge in [0.2, 0.25) is 0 Å². The molecule has 5 rings (SSSR count). The zero-order valence-electron chi connectivity index (χ0n) is 33.2. The molecule has 0 amide bonds. The normalized spacial score (nSPS) is 28.8. The van der Waals surface area contributed by atoms with Crippen molar-refractivity contribution in [1.29, 1.82) is 0 Å². The monoisotopic (exact) mass is 830 g/mol. The van der Waals surface area contributed by atoms with Gasteiger partial charge in [-0.3, -0.25) is 0 Å². The number of benzene rings is 2. The fourth-order valence-corrected chi connectivity index (χ4v) is 6.45. The third-order valence-corrected chi connectivity index (χ3v) is 14.7. The fraction of sp³-hybridized carbons (Fsp3) is 0.610. The summed E-state index contributed by atoms with van der Waals surface area (Å²) in [6, 6.07) is 20.2. The zero-order chi connectivity index (χ0) is 41.0. The van der Waals surface area contributed by atoms with E-state index >= 15 is 0 Å². The lowest BCUT2D eigenvalue weighted by Gasteiger charge is -2.39. The van der Waals surface area contributed by atoms with Crippen LogP contribution >= 0.6 is 23.2 Å². The lowest BCUT2D eigenvalue weighted by atomic mass is 9.93. The van der Waals surface area contributed by atoms with Gasteiger partial charge in [-0.1, -0.05) is 95.3 Å². The summed E-state index contributed by atoms with van der Waals surface area (Å²) in [7, 11) is -1.76. The summed E-state index contributed by atoms with van der Waals surface area (Å²) < 4.78 is 34.1. The minimum atomic E-state index is -1.76. The van der Waals surface area contributed by atoms with Crippen molar-refractivity contribution in [3.63, 3.8) is 0 Å². The Hall–Kier alpha value is -2.04. The van der Waals surface area contributed by atoms with E-state index in [9.17, 15) is 10.2 Å². The number of rotatable bonds is 11. The second-order valence-corrected chi connectivity index (χ2v) is 20.8.